The molecule has 0 aromatic heterocycles. The molecule has 1 fully saturated rings. The quantitative estimate of drug-likeness (QED) is 0.812. The van der Waals surface area contributed by atoms with Crippen LogP contribution in [0, 0.1) is 0 Å². The van der Waals surface area contributed by atoms with E-state index in [1.807, 2.05) is 25.7 Å². The summed E-state index contributed by atoms with van der Waals surface area (Å²) in [6.45, 7) is 8.53. The van der Waals surface area contributed by atoms with Crippen LogP contribution >= 0.6 is 0 Å². The molecule has 0 aromatic rings. The summed E-state index contributed by atoms with van der Waals surface area (Å²) >= 11 is 0. The first-order chi connectivity index (χ1) is 10.4. The molecule has 1 aliphatic heterocycles. The highest BCUT2D eigenvalue weighted by Gasteiger charge is 2.25. The van der Waals surface area contributed by atoms with Crippen molar-refractivity contribution in [2.24, 2.45) is 0 Å². The van der Waals surface area contributed by atoms with Crippen molar-refractivity contribution in [2.75, 3.05) is 40.5 Å². The molecule has 6 nitrogen and oxygen atoms in total. The minimum atomic E-state index is -0.438. The van der Waals surface area contributed by atoms with Crippen LogP contribution in [0.25, 0.3) is 0 Å². The van der Waals surface area contributed by atoms with E-state index in [2.05, 4.69) is 5.32 Å². The van der Waals surface area contributed by atoms with E-state index < -0.39 is 5.60 Å². The molecule has 2 atom stereocenters. The molecule has 1 heterocycles. The topological polar surface area (TPSA) is 60.0 Å². The monoisotopic (exact) mass is 316 g/mol. The number of rotatable bonds is 6. The molecule has 0 radical (unpaired) electrons. The molecular formula is C16H32N2O4. The van der Waals surface area contributed by atoms with E-state index in [9.17, 15) is 4.79 Å². The summed E-state index contributed by atoms with van der Waals surface area (Å²) in [6, 6.07) is 0.405. The standard InChI is InChI=1S/C16H32N2O4/c1-16(2,3)22-15(19)18-9-6-7-13(8-10-18)17-11-14(21-5)12-20-4/h13-14,17H,6-12H2,1-5H3. The predicted octanol–water partition coefficient (Wildman–Crippen LogP) is 2.03. The van der Waals surface area contributed by atoms with E-state index in [0.29, 0.717) is 12.6 Å². The third-order valence-electron chi connectivity index (χ3n) is 3.70. The summed E-state index contributed by atoms with van der Waals surface area (Å²) < 4.78 is 15.9. The molecule has 0 bridgehead atoms. The normalized spacial score (nSPS) is 21.3. The molecule has 0 aromatic carbocycles. The molecule has 2 unspecified atom stereocenters. The number of likely N-dealkylation sites (tertiary alicyclic amines) is 1. The number of hydrogen-bond acceptors (Lipinski definition) is 5. The summed E-state index contributed by atoms with van der Waals surface area (Å²) in [6.07, 6.45) is 2.84. The van der Waals surface area contributed by atoms with Crippen LogP contribution in [-0.2, 0) is 14.2 Å². The zero-order valence-corrected chi connectivity index (χ0v) is 14.7. The Morgan fingerprint density at radius 1 is 1.27 bits per heavy atom. The van der Waals surface area contributed by atoms with Gasteiger partial charge in [0.15, 0.2) is 0 Å². The lowest BCUT2D eigenvalue weighted by atomic mass is 10.1. The van der Waals surface area contributed by atoms with Gasteiger partial charge in [-0.05, 0) is 40.0 Å². The maximum atomic E-state index is 12.1. The minimum absolute atomic E-state index is 0.0650. The maximum absolute atomic E-state index is 12.1. The van der Waals surface area contributed by atoms with Crippen molar-refractivity contribution in [3.8, 4) is 0 Å². The summed E-state index contributed by atoms with van der Waals surface area (Å²) in [5.74, 6) is 0. The van der Waals surface area contributed by atoms with Gasteiger partial charge in [-0.25, -0.2) is 4.79 Å². The van der Waals surface area contributed by atoms with Crippen LogP contribution < -0.4 is 5.32 Å². The summed E-state index contributed by atoms with van der Waals surface area (Å²) in [7, 11) is 3.37. The molecule has 1 N–H and O–H groups in total. The van der Waals surface area contributed by atoms with Crippen molar-refractivity contribution in [2.45, 2.75) is 57.8 Å². The first-order valence-corrected chi connectivity index (χ1v) is 8.08. The van der Waals surface area contributed by atoms with Crippen LogP contribution in [0.15, 0.2) is 0 Å². The lowest BCUT2D eigenvalue weighted by Gasteiger charge is -2.26. The van der Waals surface area contributed by atoms with Crippen LogP contribution in [0.5, 0.6) is 0 Å². The van der Waals surface area contributed by atoms with Crippen LogP contribution in [0.3, 0.4) is 0 Å². The molecule has 1 saturated heterocycles. The van der Waals surface area contributed by atoms with Gasteiger partial charge in [0.2, 0.25) is 0 Å². The van der Waals surface area contributed by atoms with E-state index >= 15 is 0 Å². The second-order valence-electron chi connectivity index (χ2n) is 6.82. The van der Waals surface area contributed by atoms with Crippen molar-refractivity contribution >= 4 is 6.09 Å². The summed E-state index contributed by atoms with van der Waals surface area (Å²) in [4.78, 5) is 13.9. The first-order valence-electron chi connectivity index (χ1n) is 8.08. The average molecular weight is 316 g/mol. The van der Waals surface area contributed by atoms with Gasteiger partial charge < -0.3 is 24.4 Å². The number of nitrogens with one attached hydrogen (secondary N) is 1. The zero-order valence-electron chi connectivity index (χ0n) is 14.7. The first kappa shape index (κ1) is 19.2. The third-order valence-corrected chi connectivity index (χ3v) is 3.70. The van der Waals surface area contributed by atoms with Gasteiger partial charge in [-0.15, -0.1) is 0 Å². The van der Waals surface area contributed by atoms with Gasteiger partial charge in [0.1, 0.15) is 5.60 Å². The predicted molar refractivity (Wildman–Crippen MR) is 86.1 cm³/mol. The van der Waals surface area contributed by atoms with E-state index in [1.54, 1.807) is 14.2 Å². The highest BCUT2D eigenvalue weighted by Crippen LogP contribution is 2.15. The SMILES string of the molecule is COCC(CNC1CCCN(C(=O)OC(C)(C)C)CC1)OC. The van der Waals surface area contributed by atoms with Crippen molar-refractivity contribution < 1.29 is 19.0 Å². The lowest BCUT2D eigenvalue weighted by molar-refractivity contribution is 0.0245. The number of carbonyl (C=O) groups excluding carboxylic acids is 1. The highest BCUT2D eigenvalue weighted by molar-refractivity contribution is 5.68. The zero-order chi connectivity index (χ0) is 16.6. The fourth-order valence-corrected chi connectivity index (χ4v) is 2.50. The average Bonchev–Trinajstić information content (AvgIpc) is 2.67. The lowest BCUT2D eigenvalue weighted by Crippen LogP contribution is -2.40. The van der Waals surface area contributed by atoms with Crippen LogP contribution in [-0.4, -0.2) is 69.2 Å². The largest absolute Gasteiger partial charge is 0.444 e. The number of hydrogen-bond donors (Lipinski definition) is 1. The fraction of sp³-hybridized carbons (Fsp3) is 0.938. The van der Waals surface area contributed by atoms with Crippen molar-refractivity contribution in [1.82, 2.24) is 10.2 Å². The molecule has 0 aliphatic carbocycles. The number of amides is 1. The molecular weight excluding hydrogens is 284 g/mol. The molecule has 0 spiro atoms. The Kier molecular flexibility index (Phi) is 8.14. The smallest absolute Gasteiger partial charge is 0.410 e. The molecule has 1 rings (SSSR count). The van der Waals surface area contributed by atoms with Gasteiger partial charge in [-0.3, -0.25) is 0 Å². The van der Waals surface area contributed by atoms with E-state index in [0.717, 1.165) is 38.9 Å². The Balaban J connectivity index is 2.37. The highest BCUT2D eigenvalue weighted by atomic mass is 16.6. The Morgan fingerprint density at radius 3 is 2.59 bits per heavy atom. The molecule has 130 valence electrons. The summed E-state index contributed by atoms with van der Waals surface area (Å²) in [5, 5.41) is 3.52. The Morgan fingerprint density at radius 2 is 2.00 bits per heavy atom. The van der Waals surface area contributed by atoms with Gasteiger partial charge in [-0.2, -0.15) is 0 Å². The number of nitrogens with zero attached hydrogens (tertiary/aromatic N) is 1. The molecule has 6 heteroatoms. The van der Waals surface area contributed by atoms with Crippen molar-refractivity contribution in [3.05, 3.63) is 0 Å². The van der Waals surface area contributed by atoms with Gasteiger partial charge >= 0.3 is 6.09 Å². The van der Waals surface area contributed by atoms with Crippen molar-refractivity contribution in [1.29, 1.82) is 0 Å². The summed E-state index contributed by atoms with van der Waals surface area (Å²) in [5.41, 5.74) is -0.438. The third kappa shape index (κ3) is 7.42. The van der Waals surface area contributed by atoms with Crippen LogP contribution in [0.1, 0.15) is 40.0 Å². The van der Waals surface area contributed by atoms with E-state index in [1.165, 1.54) is 0 Å². The molecule has 22 heavy (non-hydrogen) atoms. The molecule has 1 amide bonds. The number of ether oxygens (including phenoxy) is 3. The molecule has 1 aliphatic rings. The molecule has 0 saturated carbocycles. The van der Waals surface area contributed by atoms with Gasteiger partial charge in [0, 0.05) is 39.9 Å². The Bertz CT molecular complexity index is 331. The van der Waals surface area contributed by atoms with Gasteiger partial charge in [0.25, 0.3) is 0 Å². The van der Waals surface area contributed by atoms with E-state index in [4.69, 9.17) is 14.2 Å². The Labute approximate surface area is 134 Å². The van der Waals surface area contributed by atoms with Gasteiger partial charge in [-0.1, -0.05) is 0 Å². The van der Waals surface area contributed by atoms with Crippen LogP contribution in [0.4, 0.5) is 4.79 Å². The van der Waals surface area contributed by atoms with Gasteiger partial charge in [0.05, 0.1) is 12.7 Å². The second kappa shape index (κ2) is 9.33. The fourth-order valence-electron chi connectivity index (χ4n) is 2.50. The van der Waals surface area contributed by atoms with Crippen molar-refractivity contribution in [3.63, 3.8) is 0 Å². The van der Waals surface area contributed by atoms with E-state index in [-0.39, 0.29) is 12.2 Å². The minimum Gasteiger partial charge on any atom is -0.444 e. The Hall–Kier alpha value is -0.850. The number of methoxy groups -OCH3 is 2. The maximum Gasteiger partial charge on any atom is 0.410 e. The number of carbonyl (C=O) groups is 1. The van der Waals surface area contributed by atoms with Crippen LogP contribution in [0.2, 0.25) is 0 Å². The second-order valence-corrected chi connectivity index (χ2v) is 6.82.